The average molecular weight is 254 g/mol. The number of rotatable bonds is 6. The van der Waals surface area contributed by atoms with Crippen LogP contribution in [-0.4, -0.2) is 25.2 Å². The first-order valence-electron chi connectivity index (χ1n) is 5.27. The number of hydrogen-bond donors (Lipinski definition) is 0. The van der Waals surface area contributed by atoms with E-state index in [4.69, 9.17) is 14.0 Å². The molecule has 92 valence electrons. The molecule has 0 aliphatic heterocycles. The minimum absolute atomic E-state index is 0. The second kappa shape index (κ2) is 10.6. The quantitative estimate of drug-likeness (QED) is 0.490. The molecule has 0 aromatic carbocycles. The predicted octanol–water partition coefficient (Wildman–Crippen LogP) is -2.43. The molecule has 0 fully saturated rings. The topological polar surface area (TPSA) is 78.9 Å². The molecule has 0 unspecified atom stereocenters. The zero-order valence-electron chi connectivity index (χ0n) is 10.8. The van der Waals surface area contributed by atoms with Crippen LogP contribution in [0.15, 0.2) is 0 Å². The number of carbonyl (C=O) groups excluding carboxylic acids is 3. The van der Waals surface area contributed by atoms with Crippen molar-refractivity contribution in [2.45, 2.75) is 40.0 Å². The van der Waals surface area contributed by atoms with Crippen molar-refractivity contribution in [2.75, 3.05) is 0 Å². The Hall–Kier alpha value is -0.525. The maximum Gasteiger partial charge on any atom is 1.00 e. The van der Waals surface area contributed by atoms with Crippen molar-refractivity contribution >= 4 is 25.2 Å². The Labute approximate surface area is 123 Å². The van der Waals surface area contributed by atoms with Crippen molar-refractivity contribution < 1.29 is 57.9 Å². The molecule has 0 atom stereocenters. The van der Waals surface area contributed by atoms with Crippen molar-refractivity contribution in [1.82, 2.24) is 0 Å². The molecule has 8 heteroatoms. The van der Waals surface area contributed by atoms with Gasteiger partial charge in [0.1, 0.15) is 0 Å². The molecule has 0 radical (unpaired) electrons. The summed E-state index contributed by atoms with van der Waals surface area (Å²) in [5, 5.41) is 0. The predicted molar refractivity (Wildman–Crippen MR) is 56.3 cm³/mol. The van der Waals surface area contributed by atoms with Crippen LogP contribution >= 0.6 is 0 Å². The molecule has 0 rings (SSSR count). The summed E-state index contributed by atoms with van der Waals surface area (Å²) in [6.45, 7) is 4.76. The van der Waals surface area contributed by atoms with Crippen LogP contribution in [0.2, 0.25) is 0 Å². The van der Waals surface area contributed by atoms with Gasteiger partial charge in [0.2, 0.25) is 0 Å². The Morgan fingerprint density at radius 1 is 0.765 bits per heavy atom. The van der Waals surface area contributed by atoms with Crippen molar-refractivity contribution in [3.8, 4) is 0 Å². The number of carbonyl (C=O) groups is 3. The summed E-state index contributed by atoms with van der Waals surface area (Å²) in [7, 11) is -2.44. The van der Waals surface area contributed by atoms with Gasteiger partial charge in [-0.2, -0.15) is 0 Å². The Morgan fingerprint density at radius 3 is 1.18 bits per heavy atom. The normalized spacial score (nSPS) is 9.18. The fourth-order valence-corrected chi connectivity index (χ4v) is 0.789. The van der Waals surface area contributed by atoms with Gasteiger partial charge < -0.3 is 14.0 Å². The molecule has 6 nitrogen and oxygen atoms in total. The van der Waals surface area contributed by atoms with E-state index in [2.05, 4.69) is 0 Å². The van der Waals surface area contributed by atoms with Crippen LogP contribution in [0.4, 0.5) is 0 Å². The van der Waals surface area contributed by atoms with Crippen LogP contribution in [0.3, 0.4) is 0 Å². The zero-order chi connectivity index (χ0) is 12.6. The average Bonchev–Trinajstić information content (AvgIpc) is 2.28. The third-order valence-corrected chi connectivity index (χ3v) is 1.70. The standard InChI is InChI=1S/C9H16BO6.Na/c1-4-7(11)14-10(15-8(12)5-2)16-9(13)6-3;/h10H,4-6H2,1-3H3;/q-1;+1. The van der Waals surface area contributed by atoms with E-state index in [1.165, 1.54) is 0 Å². The van der Waals surface area contributed by atoms with E-state index >= 15 is 0 Å². The summed E-state index contributed by atoms with van der Waals surface area (Å²) < 4.78 is 14.1. The molecule has 0 aliphatic rings. The summed E-state index contributed by atoms with van der Waals surface area (Å²) in [5.74, 6) is -1.73. The van der Waals surface area contributed by atoms with Crippen LogP contribution in [0.1, 0.15) is 40.0 Å². The van der Waals surface area contributed by atoms with Gasteiger partial charge in [-0.05, 0) is 0 Å². The minimum atomic E-state index is -2.44. The summed E-state index contributed by atoms with van der Waals surface area (Å²) in [6, 6.07) is 0. The molecule has 0 bridgehead atoms. The van der Waals surface area contributed by atoms with E-state index in [9.17, 15) is 14.4 Å². The molecule has 0 N–H and O–H groups in total. The van der Waals surface area contributed by atoms with Gasteiger partial charge in [0.05, 0.1) is 0 Å². The summed E-state index contributed by atoms with van der Waals surface area (Å²) in [6.07, 6.45) is 0.366. The third kappa shape index (κ3) is 9.20. The SMILES string of the molecule is CCC(=O)O[BH-](OC(=O)CC)OC(=O)CC.[Na+]. The van der Waals surface area contributed by atoms with E-state index in [-0.39, 0.29) is 48.8 Å². The molecule has 0 saturated carbocycles. The van der Waals surface area contributed by atoms with Crippen molar-refractivity contribution in [3.63, 3.8) is 0 Å². The fourth-order valence-electron chi connectivity index (χ4n) is 0.789. The molecular formula is C9H16BNaO6. The monoisotopic (exact) mass is 254 g/mol. The van der Waals surface area contributed by atoms with Gasteiger partial charge in [0.15, 0.2) is 0 Å². The maximum atomic E-state index is 11.0. The molecule has 0 saturated heterocycles. The van der Waals surface area contributed by atoms with E-state index in [1.807, 2.05) is 0 Å². The molecule has 0 aromatic rings. The Bertz CT molecular complexity index is 227. The first kappa shape index (κ1) is 18.8. The fraction of sp³-hybridized carbons (Fsp3) is 0.667. The largest absolute Gasteiger partial charge is 1.00 e. The second-order valence-electron chi connectivity index (χ2n) is 2.96. The van der Waals surface area contributed by atoms with E-state index in [0.29, 0.717) is 0 Å². The third-order valence-electron chi connectivity index (χ3n) is 1.70. The second-order valence-corrected chi connectivity index (χ2v) is 2.96. The molecular weight excluding hydrogens is 238 g/mol. The summed E-state index contributed by atoms with van der Waals surface area (Å²) in [4.78, 5) is 32.9. The Kier molecular flexibility index (Phi) is 11.8. The summed E-state index contributed by atoms with van der Waals surface area (Å²) in [5.41, 5.74) is 0. The minimum Gasteiger partial charge on any atom is -0.625 e. The zero-order valence-corrected chi connectivity index (χ0v) is 12.8. The first-order chi connectivity index (χ1) is 7.53. The van der Waals surface area contributed by atoms with E-state index in [1.54, 1.807) is 20.8 Å². The van der Waals surface area contributed by atoms with Crippen LogP contribution in [0.25, 0.3) is 0 Å². The van der Waals surface area contributed by atoms with Crippen LogP contribution in [0, 0.1) is 0 Å². The van der Waals surface area contributed by atoms with E-state index < -0.39 is 25.2 Å². The Balaban J connectivity index is 0. The van der Waals surface area contributed by atoms with Crippen LogP contribution < -0.4 is 29.6 Å². The van der Waals surface area contributed by atoms with Crippen molar-refractivity contribution in [3.05, 3.63) is 0 Å². The van der Waals surface area contributed by atoms with Gasteiger partial charge in [0, 0.05) is 19.3 Å². The van der Waals surface area contributed by atoms with Crippen molar-refractivity contribution in [1.29, 1.82) is 0 Å². The molecule has 0 heterocycles. The van der Waals surface area contributed by atoms with Gasteiger partial charge in [-0.3, -0.25) is 14.4 Å². The molecule has 0 aliphatic carbocycles. The smallest absolute Gasteiger partial charge is 0.625 e. The van der Waals surface area contributed by atoms with Gasteiger partial charge in [0.25, 0.3) is 17.9 Å². The van der Waals surface area contributed by atoms with Crippen LogP contribution in [-0.2, 0) is 28.3 Å². The van der Waals surface area contributed by atoms with Gasteiger partial charge >= 0.3 is 36.9 Å². The molecule has 0 amide bonds. The Morgan fingerprint density at radius 2 is 1.00 bits per heavy atom. The van der Waals surface area contributed by atoms with E-state index in [0.717, 1.165) is 0 Å². The molecule has 0 spiro atoms. The molecule has 0 aromatic heterocycles. The molecule has 17 heavy (non-hydrogen) atoms. The van der Waals surface area contributed by atoms with Crippen molar-refractivity contribution in [2.24, 2.45) is 0 Å². The van der Waals surface area contributed by atoms with Gasteiger partial charge in [-0.1, -0.05) is 20.8 Å². The first-order valence-corrected chi connectivity index (χ1v) is 5.27. The maximum absolute atomic E-state index is 11.0. The van der Waals surface area contributed by atoms with Gasteiger partial charge in [-0.15, -0.1) is 0 Å². The number of hydrogen-bond acceptors (Lipinski definition) is 6. The van der Waals surface area contributed by atoms with Crippen LogP contribution in [0.5, 0.6) is 0 Å². The van der Waals surface area contributed by atoms with Gasteiger partial charge in [-0.25, -0.2) is 0 Å². The summed E-state index contributed by atoms with van der Waals surface area (Å²) >= 11 is 0.